The van der Waals surface area contributed by atoms with E-state index in [4.69, 9.17) is 14.5 Å². The van der Waals surface area contributed by atoms with Crippen molar-refractivity contribution in [2.24, 2.45) is 10.9 Å². The van der Waals surface area contributed by atoms with Crippen LogP contribution in [-0.4, -0.2) is 51.3 Å². The Balaban J connectivity index is 0.00000385. The highest BCUT2D eigenvalue weighted by Crippen LogP contribution is 2.27. The number of benzene rings is 1. The van der Waals surface area contributed by atoms with Crippen LogP contribution in [0.4, 0.5) is 5.82 Å². The van der Waals surface area contributed by atoms with Crippen molar-refractivity contribution in [3.05, 3.63) is 47.7 Å². The van der Waals surface area contributed by atoms with Crippen LogP contribution in [0.25, 0.3) is 0 Å². The van der Waals surface area contributed by atoms with E-state index < -0.39 is 0 Å². The minimum atomic E-state index is 0. The summed E-state index contributed by atoms with van der Waals surface area (Å²) in [6.45, 7) is 8.77. The van der Waals surface area contributed by atoms with Gasteiger partial charge in [0.1, 0.15) is 5.82 Å². The van der Waals surface area contributed by atoms with Crippen LogP contribution >= 0.6 is 24.0 Å². The largest absolute Gasteiger partial charge is 0.493 e. The Hall–Kier alpha value is -2.23. The van der Waals surface area contributed by atoms with Crippen LogP contribution in [-0.2, 0) is 13.0 Å². The molecule has 2 aromatic rings. The lowest BCUT2D eigenvalue weighted by Crippen LogP contribution is -2.38. The lowest BCUT2D eigenvalue weighted by Gasteiger charge is -2.31. The van der Waals surface area contributed by atoms with Gasteiger partial charge in [0, 0.05) is 32.4 Å². The number of hydrogen-bond donors (Lipinski definition) is 2. The van der Waals surface area contributed by atoms with Crippen LogP contribution in [0, 0.1) is 5.92 Å². The first kappa shape index (κ1) is 27.0. The summed E-state index contributed by atoms with van der Waals surface area (Å²) in [6.07, 6.45) is 5.29. The maximum atomic E-state index is 5.39. The average molecular weight is 568 g/mol. The molecule has 0 bridgehead atoms. The van der Waals surface area contributed by atoms with Gasteiger partial charge in [0.15, 0.2) is 17.5 Å². The number of piperidine rings is 1. The molecule has 2 N–H and O–H groups in total. The van der Waals surface area contributed by atoms with E-state index in [-0.39, 0.29) is 24.0 Å². The third-order valence-corrected chi connectivity index (χ3v) is 5.83. The zero-order chi connectivity index (χ0) is 22.8. The second kappa shape index (κ2) is 14.1. The molecule has 0 atom stereocenters. The first-order valence-electron chi connectivity index (χ1n) is 11.6. The fourth-order valence-electron chi connectivity index (χ4n) is 3.81. The third kappa shape index (κ3) is 8.24. The molecule has 0 radical (unpaired) electrons. The van der Waals surface area contributed by atoms with Gasteiger partial charge in [-0.1, -0.05) is 19.1 Å². The lowest BCUT2D eigenvalue weighted by molar-refractivity contribution is 0.354. The summed E-state index contributed by atoms with van der Waals surface area (Å²) in [7, 11) is 3.31. The van der Waals surface area contributed by atoms with Gasteiger partial charge < -0.3 is 25.0 Å². The van der Waals surface area contributed by atoms with Crippen molar-refractivity contribution < 1.29 is 9.47 Å². The van der Waals surface area contributed by atoms with Crippen LogP contribution in [0.1, 0.15) is 37.8 Å². The number of guanidine groups is 1. The van der Waals surface area contributed by atoms with Gasteiger partial charge in [-0.2, -0.15) is 0 Å². The Bertz CT molecular complexity index is 868. The van der Waals surface area contributed by atoms with Crippen LogP contribution < -0.4 is 25.0 Å². The number of nitrogens with zero attached hydrogens (tertiary/aromatic N) is 3. The molecule has 7 nitrogen and oxygen atoms in total. The maximum Gasteiger partial charge on any atom is 0.191 e. The topological polar surface area (TPSA) is 71.0 Å². The number of hydrogen-bond acceptors (Lipinski definition) is 5. The van der Waals surface area contributed by atoms with Crippen molar-refractivity contribution in [2.75, 3.05) is 45.3 Å². The van der Waals surface area contributed by atoms with E-state index >= 15 is 0 Å². The zero-order valence-corrected chi connectivity index (χ0v) is 22.6. The van der Waals surface area contributed by atoms with Gasteiger partial charge in [-0.3, -0.25) is 0 Å². The summed E-state index contributed by atoms with van der Waals surface area (Å²) in [4.78, 5) is 11.8. The molecule has 0 spiro atoms. The minimum Gasteiger partial charge on any atom is -0.493 e. The van der Waals surface area contributed by atoms with Gasteiger partial charge in [0.05, 0.1) is 20.8 Å². The molecule has 33 heavy (non-hydrogen) atoms. The van der Waals surface area contributed by atoms with Gasteiger partial charge in [-0.25, -0.2) is 9.98 Å². The highest BCUT2D eigenvalue weighted by molar-refractivity contribution is 14.0. The predicted molar refractivity (Wildman–Crippen MR) is 146 cm³/mol. The fourth-order valence-corrected chi connectivity index (χ4v) is 3.81. The Kier molecular flexibility index (Phi) is 11.6. The zero-order valence-electron chi connectivity index (χ0n) is 20.3. The number of aromatic nitrogens is 1. The number of rotatable bonds is 9. The second-order valence-corrected chi connectivity index (χ2v) is 8.26. The smallest absolute Gasteiger partial charge is 0.191 e. The molecular formula is C25H38IN5O2. The maximum absolute atomic E-state index is 5.39. The van der Waals surface area contributed by atoms with E-state index in [1.54, 1.807) is 14.2 Å². The molecular weight excluding hydrogens is 529 g/mol. The summed E-state index contributed by atoms with van der Waals surface area (Å²) in [5.74, 6) is 4.20. The van der Waals surface area contributed by atoms with Crippen LogP contribution in [0.2, 0.25) is 0 Å². The Labute approximate surface area is 215 Å². The predicted octanol–water partition coefficient (Wildman–Crippen LogP) is 4.25. The number of ether oxygens (including phenoxy) is 2. The molecule has 0 unspecified atom stereocenters. The van der Waals surface area contributed by atoms with E-state index in [0.717, 1.165) is 67.4 Å². The highest BCUT2D eigenvalue weighted by Gasteiger charge is 2.16. The van der Waals surface area contributed by atoms with E-state index in [9.17, 15) is 0 Å². The molecule has 1 saturated heterocycles. The molecule has 0 saturated carbocycles. The molecule has 0 amide bonds. The highest BCUT2D eigenvalue weighted by atomic mass is 127. The number of halogens is 1. The molecule has 1 aromatic carbocycles. The number of anilines is 1. The van der Waals surface area contributed by atoms with Gasteiger partial charge in [-0.05, 0) is 61.4 Å². The van der Waals surface area contributed by atoms with Crippen molar-refractivity contribution in [1.29, 1.82) is 0 Å². The molecule has 1 aromatic heterocycles. The minimum absolute atomic E-state index is 0. The fraction of sp³-hybridized carbons (Fsp3) is 0.520. The van der Waals surface area contributed by atoms with E-state index in [1.807, 2.05) is 18.3 Å². The number of aliphatic imine (C=N–C) groups is 1. The standard InChI is InChI=1S/C25H37N5O2.HI/c1-5-26-25(27-13-10-20-6-8-22(31-3)23(16-20)32-4)29-18-21-7-9-24(28-17-21)30-14-11-19(2)12-15-30;/h6-9,16-17,19H,5,10-15,18H2,1-4H3,(H2,26,27,29);1H. The van der Waals surface area contributed by atoms with Crippen molar-refractivity contribution >= 4 is 35.8 Å². The van der Waals surface area contributed by atoms with Gasteiger partial charge >= 0.3 is 0 Å². The summed E-state index contributed by atoms with van der Waals surface area (Å²) in [5, 5.41) is 6.72. The van der Waals surface area contributed by atoms with Crippen LogP contribution in [0.15, 0.2) is 41.5 Å². The van der Waals surface area contributed by atoms with Gasteiger partial charge in [0.25, 0.3) is 0 Å². The Morgan fingerprint density at radius 1 is 1.06 bits per heavy atom. The molecule has 1 aliphatic heterocycles. The van der Waals surface area contributed by atoms with Crippen molar-refractivity contribution in [3.8, 4) is 11.5 Å². The molecule has 182 valence electrons. The van der Waals surface area contributed by atoms with Crippen molar-refractivity contribution in [2.45, 2.75) is 39.7 Å². The van der Waals surface area contributed by atoms with E-state index in [2.05, 4.69) is 52.6 Å². The van der Waals surface area contributed by atoms with Crippen LogP contribution in [0.3, 0.4) is 0 Å². The van der Waals surface area contributed by atoms with Crippen LogP contribution in [0.5, 0.6) is 11.5 Å². The Morgan fingerprint density at radius 2 is 1.79 bits per heavy atom. The molecule has 2 heterocycles. The normalized spacial score (nSPS) is 14.4. The molecule has 1 fully saturated rings. The number of nitrogens with one attached hydrogen (secondary N) is 2. The SMILES string of the molecule is CCNC(=NCc1ccc(N2CCC(C)CC2)nc1)NCCc1ccc(OC)c(OC)c1.I. The Morgan fingerprint density at radius 3 is 2.42 bits per heavy atom. The summed E-state index contributed by atoms with van der Waals surface area (Å²) < 4.78 is 10.7. The molecule has 1 aliphatic rings. The quantitative estimate of drug-likeness (QED) is 0.268. The third-order valence-electron chi connectivity index (χ3n) is 5.83. The lowest BCUT2D eigenvalue weighted by atomic mass is 9.99. The van der Waals surface area contributed by atoms with E-state index in [1.165, 1.54) is 18.4 Å². The van der Waals surface area contributed by atoms with Crippen molar-refractivity contribution in [3.63, 3.8) is 0 Å². The molecule has 0 aliphatic carbocycles. The van der Waals surface area contributed by atoms with Gasteiger partial charge in [0.2, 0.25) is 0 Å². The number of pyridine rings is 1. The van der Waals surface area contributed by atoms with E-state index in [0.29, 0.717) is 6.54 Å². The monoisotopic (exact) mass is 567 g/mol. The first-order valence-corrected chi connectivity index (χ1v) is 11.6. The summed E-state index contributed by atoms with van der Waals surface area (Å²) in [5.41, 5.74) is 2.29. The van der Waals surface area contributed by atoms with Gasteiger partial charge in [-0.15, -0.1) is 24.0 Å². The first-order chi connectivity index (χ1) is 15.6. The number of methoxy groups -OCH3 is 2. The molecule has 8 heteroatoms. The average Bonchev–Trinajstić information content (AvgIpc) is 2.83. The second-order valence-electron chi connectivity index (χ2n) is 8.26. The summed E-state index contributed by atoms with van der Waals surface area (Å²) >= 11 is 0. The van der Waals surface area contributed by atoms with Crippen molar-refractivity contribution in [1.82, 2.24) is 15.6 Å². The summed E-state index contributed by atoms with van der Waals surface area (Å²) in [6, 6.07) is 10.3. The molecule has 3 rings (SSSR count).